The average molecular weight is 290 g/mol. The van der Waals surface area contributed by atoms with Gasteiger partial charge in [-0.15, -0.1) is 4.68 Å². The Labute approximate surface area is 117 Å². The maximum Gasteiger partial charge on any atom is 0.434 e. The lowest BCUT2D eigenvalue weighted by molar-refractivity contribution is 0.194. The molecule has 100 valence electrons. The van der Waals surface area contributed by atoms with Crippen LogP contribution in [0.4, 0.5) is 10.6 Å². The van der Waals surface area contributed by atoms with Crippen LogP contribution in [0.25, 0.3) is 22.4 Å². The first-order chi connectivity index (χ1) is 9.56. The number of nitrogen functional groups attached to an aromatic ring is 1. The molecule has 2 heterocycles. The van der Waals surface area contributed by atoms with Crippen LogP contribution < -0.4 is 5.73 Å². The Bertz CT molecular complexity index is 813. The molecule has 0 unspecified atom stereocenters. The molecule has 7 nitrogen and oxygen atoms in total. The van der Waals surface area contributed by atoms with E-state index in [2.05, 4.69) is 15.1 Å². The van der Waals surface area contributed by atoms with Crippen LogP contribution in [-0.2, 0) is 0 Å². The Hall–Kier alpha value is -2.67. The molecule has 0 spiro atoms. The van der Waals surface area contributed by atoms with Gasteiger partial charge in [-0.2, -0.15) is 5.10 Å². The number of aromatic nitrogens is 4. The monoisotopic (exact) mass is 289 g/mol. The molecule has 0 saturated heterocycles. The normalized spacial score (nSPS) is 10.8. The van der Waals surface area contributed by atoms with E-state index in [0.717, 1.165) is 4.68 Å². The van der Waals surface area contributed by atoms with Crippen molar-refractivity contribution < 1.29 is 9.90 Å². The maximum absolute atomic E-state index is 11.1. The van der Waals surface area contributed by atoms with Crippen LogP contribution >= 0.6 is 11.6 Å². The van der Waals surface area contributed by atoms with Gasteiger partial charge in [-0.1, -0.05) is 11.6 Å². The minimum atomic E-state index is -1.24. The van der Waals surface area contributed by atoms with Crippen molar-refractivity contribution in [2.24, 2.45) is 0 Å². The number of benzene rings is 1. The first-order valence-corrected chi connectivity index (χ1v) is 5.94. The number of hydrogen-bond acceptors (Lipinski definition) is 5. The van der Waals surface area contributed by atoms with E-state index in [-0.39, 0.29) is 11.5 Å². The second-order valence-corrected chi connectivity index (χ2v) is 4.45. The summed E-state index contributed by atoms with van der Waals surface area (Å²) in [5, 5.41) is 13.7. The second-order valence-electron chi connectivity index (χ2n) is 4.02. The zero-order valence-corrected chi connectivity index (χ0v) is 10.7. The van der Waals surface area contributed by atoms with Crippen molar-refractivity contribution in [2.75, 3.05) is 5.73 Å². The Kier molecular flexibility index (Phi) is 2.76. The summed E-state index contributed by atoms with van der Waals surface area (Å²) in [7, 11) is 0. The molecule has 0 amide bonds. The molecular weight excluding hydrogens is 282 g/mol. The molecule has 3 rings (SSSR count). The Morgan fingerprint density at radius 1 is 1.25 bits per heavy atom. The van der Waals surface area contributed by atoms with Crippen molar-refractivity contribution in [1.82, 2.24) is 19.7 Å². The summed E-state index contributed by atoms with van der Waals surface area (Å²) >= 11 is 5.82. The maximum atomic E-state index is 11.1. The van der Waals surface area contributed by atoms with Gasteiger partial charge in [0.1, 0.15) is 5.82 Å². The number of hydrogen-bond donors (Lipinski definition) is 2. The molecule has 0 aliphatic rings. The zero-order chi connectivity index (χ0) is 14.3. The summed E-state index contributed by atoms with van der Waals surface area (Å²) in [5.41, 5.74) is 6.64. The van der Waals surface area contributed by atoms with E-state index >= 15 is 0 Å². The van der Waals surface area contributed by atoms with Crippen molar-refractivity contribution >= 4 is 34.5 Å². The van der Waals surface area contributed by atoms with E-state index < -0.39 is 6.09 Å². The highest BCUT2D eigenvalue weighted by Gasteiger charge is 2.15. The summed E-state index contributed by atoms with van der Waals surface area (Å²) in [6.07, 6.45) is 0.0879. The third-order valence-electron chi connectivity index (χ3n) is 2.74. The van der Waals surface area contributed by atoms with Crippen molar-refractivity contribution in [3.05, 3.63) is 35.5 Å². The fraction of sp³-hybridized carbons (Fsp3) is 0. The third kappa shape index (κ3) is 1.94. The molecule has 3 aromatic rings. The van der Waals surface area contributed by atoms with Crippen LogP contribution in [0.5, 0.6) is 0 Å². The summed E-state index contributed by atoms with van der Waals surface area (Å²) < 4.78 is 0.757. The molecule has 2 aromatic heterocycles. The molecular formula is C12H8ClN5O2. The molecule has 0 atom stereocenters. The van der Waals surface area contributed by atoms with Crippen molar-refractivity contribution in [2.45, 2.75) is 0 Å². The minimum absolute atomic E-state index is 0.148. The molecule has 0 fully saturated rings. The molecule has 0 radical (unpaired) electrons. The molecule has 0 aliphatic carbocycles. The highest BCUT2D eigenvalue weighted by atomic mass is 35.5. The molecule has 20 heavy (non-hydrogen) atoms. The van der Waals surface area contributed by atoms with Crippen LogP contribution in [-0.4, -0.2) is 30.9 Å². The van der Waals surface area contributed by atoms with Crippen LogP contribution in [0.3, 0.4) is 0 Å². The lowest BCUT2D eigenvalue weighted by atomic mass is 10.2. The first kappa shape index (κ1) is 12.4. The predicted molar refractivity (Wildman–Crippen MR) is 73.6 cm³/mol. The largest absolute Gasteiger partial charge is 0.463 e. The van der Waals surface area contributed by atoms with E-state index in [1.807, 2.05) is 0 Å². The van der Waals surface area contributed by atoms with Crippen molar-refractivity contribution in [1.29, 1.82) is 0 Å². The van der Waals surface area contributed by atoms with Gasteiger partial charge >= 0.3 is 6.09 Å². The summed E-state index contributed by atoms with van der Waals surface area (Å²) in [5.74, 6) is 0.488. The quantitative estimate of drug-likeness (QED) is 0.711. The molecule has 0 aliphatic heterocycles. The third-order valence-corrected chi connectivity index (χ3v) is 2.99. The highest BCUT2D eigenvalue weighted by molar-refractivity contribution is 6.30. The van der Waals surface area contributed by atoms with E-state index in [4.69, 9.17) is 22.4 Å². The average Bonchev–Trinajstić information content (AvgIpc) is 2.84. The smallest absolute Gasteiger partial charge is 0.434 e. The fourth-order valence-electron chi connectivity index (χ4n) is 1.80. The van der Waals surface area contributed by atoms with E-state index in [9.17, 15) is 4.79 Å². The number of fused-ring (bicyclic) bond motifs is 1. The van der Waals surface area contributed by atoms with E-state index in [1.54, 1.807) is 24.3 Å². The molecule has 8 heteroatoms. The number of nitrogens with zero attached hydrogens (tertiary/aromatic N) is 4. The number of rotatable bonds is 1. The number of nitrogens with two attached hydrogens (primary N) is 1. The van der Waals surface area contributed by atoms with E-state index in [1.165, 1.54) is 6.20 Å². The van der Waals surface area contributed by atoms with Gasteiger partial charge in [-0.3, -0.25) is 0 Å². The summed E-state index contributed by atoms with van der Waals surface area (Å²) in [6, 6.07) is 6.83. The summed E-state index contributed by atoms with van der Waals surface area (Å²) in [4.78, 5) is 19.4. The summed E-state index contributed by atoms with van der Waals surface area (Å²) in [6.45, 7) is 0. The topological polar surface area (TPSA) is 107 Å². The molecule has 0 saturated carbocycles. The van der Waals surface area contributed by atoms with Gasteiger partial charge in [0, 0.05) is 10.6 Å². The van der Waals surface area contributed by atoms with E-state index in [0.29, 0.717) is 21.8 Å². The number of carboxylic acid groups (broad SMARTS) is 1. The van der Waals surface area contributed by atoms with Gasteiger partial charge in [-0.05, 0) is 24.3 Å². The lowest BCUT2D eigenvalue weighted by Gasteiger charge is -2.03. The standard InChI is InChI=1S/C12H8ClN5O2/c13-7-3-1-6(2-4-7)10-16-9(14)8-5-15-18(12(19)20)11(8)17-10/h1-5H,(H,19,20)(H2,14,16,17). The Balaban J connectivity index is 2.24. The number of carbonyl (C=O) groups is 1. The van der Waals surface area contributed by atoms with Gasteiger partial charge in [0.2, 0.25) is 0 Å². The van der Waals surface area contributed by atoms with Gasteiger partial charge < -0.3 is 10.8 Å². The van der Waals surface area contributed by atoms with Crippen molar-refractivity contribution in [3.8, 4) is 11.4 Å². The van der Waals surface area contributed by atoms with Crippen molar-refractivity contribution in [3.63, 3.8) is 0 Å². The van der Waals surface area contributed by atoms with Gasteiger partial charge in [0.05, 0.1) is 11.6 Å². The predicted octanol–water partition coefficient (Wildman–Crippen LogP) is 2.25. The zero-order valence-electron chi connectivity index (χ0n) is 9.99. The molecule has 1 aromatic carbocycles. The number of halogens is 1. The highest BCUT2D eigenvalue weighted by Crippen LogP contribution is 2.23. The SMILES string of the molecule is Nc1nc(-c2ccc(Cl)cc2)nc2c1cnn2C(=O)O. The number of anilines is 1. The lowest BCUT2D eigenvalue weighted by Crippen LogP contribution is -2.10. The first-order valence-electron chi connectivity index (χ1n) is 5.57. The minimum Gasteiger partial charge on any atom is -0.463 e. The van der Waals surface area contributed by atoms with Crippen LogP contribution in [0.2, 0.25) is 5.02 Å². The Morgan fingerprint density at radius 3 is 2.60 bits per heavy atom. The second kappa shape index (κ2) is 4.46. The van der Waals surface area contributed by atoms with Gasteiger partial charge in [0.15, 0.2) is 11.5 Å². The van der Waals surface area contributed by atoms with Gasteiger partial charge in [0.25, 0.3) is 0 Å². The van der Waals surface area contributed by atoms with Crippen LogP contribution in [0.1, 0.15) is 0 Å². The van der Waals surface area contributed by atoms with Gasteiger partial charge in [-0.25, -0.2) is 14.8 Å². The Morgan fingerprint density at radius 2 is 1.95 bits per heavy atom. The fourth-order valence-corrected chi connectivity index (χ4v) is 1.92. The van der Waals surface area contributed by atoms with Crippen LogP contribution in [0, 0.1) is 0 Å². The molecule has 3 N–H and O–H groups in total. The molecule has 0 bridgehead atoms. The van der Waals surface area contributed by atoms with Crippen LogP contribution in [0.15, 0.2) is 30.5 Å².